The number of fused-ring (bicyclic) bond motifs is 1. The zero-order valence-electron chi connectivity index (χ0n) is 10.9. The van der Waals surface area contributed by atoms with Gasteiger partial charge >= 0.3 is 0 Å². The van der Waals surface area contributed by atoms with Crippen LogP contribution in [-0.4, -0.2) is 18.2 Å². The van der Waals surface area contributed by atoms with E-state index >= 15 is 0 Å². The zero-order valence-corrected chi connectivity index (χ0v) is 10.9. The number of hydrogen-bond acceptors (Lipinski definition) is 2. The maximum absolute atomic E-state index is 13.3. The third-order valence-corrected chi connectivity index (χ3v) is 3.36. The quantitative estimate of drug-likeness (QED) is 0.898. The summed E-state index contributed by atoms with van der Waals surface area (Å²) in [6.45, 7) is 2.62. The lowest BCUT2D eigenvalue weighted by molar-refractivity contribution is 0.629. The second-order valence-corrected chi connectivity index (χ2v) is 4.48. The SMILES string of the molecule is CNCCc1c(C)c2cc(F)ccc2n(C)c1=O. The van der Waals surface area contributed by atoms with E-state index in [4.69, 9.17) is 0 Å². The molecule has 0 atom stereocenters. The van der Waals surface area contributed by atoms with Crippen molar-refractivity contribution in [2.75, 3.05) is 13.6 Å². The van der Waals surface area contributed by atoms with Crippen LogP contribution in [0.4, 0.5) is 4.39 Å². The van der Waals surface area contributed by atoms with E-state index in [0.717, 1.165) is 28.6 Å². The number of likely N-dealkylation sites (N-methyl/N-ethyl adjacent to an activating group) is 1. The summed E-state index contributed by atoms with van der Waals surface area (Å²) in [5.74, 6) is -0.274. The van der Waals surface area contributed by atoms with E-state index in [1.54, 1.807) is 17.7 Å². The first-order chi connectivity index (χ1) is 8.56. The Labute approximate surface area is 105 Å². The van der Waals surface area contributed by atoms with Gasteiger partial charge in [0.05, 0.1) is 5.52 Å². The highest BCUT2D eigenvalue weighted by Crippen LogP contribution is 2.20. The van der Waals surface area contributed by atoms with Gasteiger partial charge in [0.1, 0.15) is 5.82 Å². The summed E-state index contributed by atoms with van der Waals surface area (Å²) in [4.78, 5) is 12.2. The summed E-state index contributed by atoms with van der Waals surface area (Å²) >= 11 is 0. The van der Waals surface area contributed by atoms with E-state index in [-0.39, 0.29) is 11.4 Å². The molecule has 0 amide bonds. The first-order valence-electron chi connectivity index (χ1n) is 5.98. The Balaban J connectivity index is 2.76. The maximum Gasteiger partial charge on any atom is 0.254 e. The van der Waals surface area contributed by atoms with Crippen LogP contribution in [0.15, 0.2) is 23.0 Å². The monoisotopic (exact) mass is 248 g/mol. The predicted octanol–water partition coefficient (Wildman–Crippen LogP) is 1.75. The molecule has 4 heteroatoms. The minimum absolute atomic E-state index is 0.00172. The third kappa shape index (κ3) is 2.04. The molecule has 0 fully saturated rings. The van der Waals surface area contributed by atoms with E-state index in [2.05, 4.69) is 5.32 Å². The summed E-state index contributed by atoms with van der Waals surface area (Å²) in [6.07, 6.45) is 0.654. The summed E-state index contributed by atoms with van der Waals surface area (Å²) in [6, 6.07) is 4.53. The molecule has 0 saturated heterocycles. The molecule has 1 heterocycles. The maximum atomic E-state index is 13.3. The van der Waals surface area contributed by atoms with Crippen LogP contribution in [-0.2, 0) is 13.5 Å². The molecule has 0 saturated carbocycles. The minimum atomic E-state index is -0.274. The zero-order chi connectivity index (χ0) is 13.3. The number of halogens is 1. The topological polar surface area (TPSA) is 34.0 Å². The second kappa shape index (κ2) is 4.90. The molecule has 0 unspecified atom stereocenters. The second-order valence-electron chi connectivity index (χ2n) is 4.48. The smallest absolute Gasteiger partial charge is 0.254 e. The molecule has 0 aliphatic heterocycles. The summed E-state index contributed by atoms with van der Waals surface area (Å²) in [5, 5.41) is 3.84. The largest absolute Gasteiger partial charge is 0.319 e. The molecule has 0 aliphatic carbocycles. The van der Waals surface area contributed by atoms with E-state index < -0.39 is 0 Å². The van der Waals surface area contributed by atoms with Crippen LogP contribution < -0.4 is 10.9 Å². The molecule has 2 rings (SSSR count). The van der Waals surface area contributed by atoms with Crippen molar-refractivity contribution in [1.29, 1.82) is 0 Å². The van der Waals surface area contributed by atoms with Crippen molar-refractivity contribution in [2.45, 2.75) is 13.3 Å². The van der Waals surface area contributed by atoms with Crippen LogP contribution in [0.5, 0.6) is 0 Å². The molecular formula is C14H17FN2O. The summed E-state index contributed by atoms with van der Waals surface area (Å²) < 4.78 is 14.9. The van der Waals surface area contributed by atoms with Crippen LogP contribution in [0.25, 0.3) is 10.9 Å². The van der Waals surface area contributed by atoms with Crippen LogP contribution in [0.3, 0.4) is 0 Å². The molecule has 3 nitrogen and oxygen atoms in total. The summed E-state index contributed by atoms with van der Waals surface area (Å²) in [5.41, 5.74) is 2.40. The van der Waals surface area contributed by atoms with Gasteiger partial charge in [-0.2, -0.15) is 0 Å². The molecule has 0 aliphatic rings. The highest BCUT2D eigenvalue weighted by molar-refractivity contribution is 5.83. The van der Waals surface area contributed by atoms with Gasteiger partial charge in [0.2, 0.25) is 0 Å². The van der Waals surface area contributed by atoms with E-state index in [1.165, 1.54) is 12.1 Å². The predicted molar refractivity (Wildman–Crippen MR) is 71.5 cm³/mol. The Morgan fingerprint density at radius 3 is 2.78 bits per heavy atom. The molecule has 0 bridgehead atoms. The van der Waals surface area contributed by atoms with Crippen molar-refractivity contribution < 1.29 is 4.39 Å². The molecule has 0 radical (unpaired) electrons. The Kier molecular flexibility index (Phi) is 3.48. The number of nitrogens with one attached hydrogen (secondary N) is 1. The van der Waals surface area contributed by atoms with Crippen molar-refractivity contribution >= 4 is 10.9 Å². The average molecular weight is 248 g/mol. The number of rotatable bonds is 3. The Bertz CT molecular complexity index is 646. The van der Waals surface area contributed by atoms with Crippen molar-refractivity contribution in [1.82, 2.24) is 9.88 Å². The summed E-state index contributed by atoms with van der Waals surface area (Å²) in [7, 11) is 3.57. The van der Waals surface area contributed by atoms with Crippen molar-refractivity contribution in [2.24, 2.45) is 7.05 Å². The standard InChI is InChI=1S/C14H17FN2O/c1-9-11(6-7-16-2)14(18)17(3)13-5-4-10(15)8-12(9)13/h4-5,8,16H,6-7H2,1-3H3. The minimum Gasteiger partial charge on any atom is -0.319 e. The Hall–Kier alpha value is -1.68. The van der Waals surface area contributed by atoms with Gasteiger partial charge in [0, 0.05) is 18.0 Å². The van der Waals surface area contributed by atoms with Crippen molar-refractivity contribution in [3.63, 3.8) is 0 Å². The van der Waals surface area contributed by atoms with Gasteiger partial charge in [-0.05, 0) is 50.7 Å². The lowest BCUT2D eigenvalue weighted by Gasteiger charge is -2.13. The van der Waals surface area contributed by atoms with Gasteiger partial charge in [0.15, 0.2) is 0 Å². The van der Waals surface area contributed by atoms with E-state index in [0.29, 0.717) is 6.42 Å². The van der Waals surface area contributed by atoms with Crippen molar-refractivity contribution in [3.05, 3.63) is 45.5 Å². The van der Waals surface area contributed by atoms with E-state index in [1.807, 2.05) is 14.0 Å². The number of hydrogen-bond donors (Lipinski definition) is 1. The van der Waals surface area contributed by atoms with Gasteiger partial charge in [0.25, 0.3) is 5.56 Å². The van der Waals surface area contributed by atoms with Gasteiger partial charge in [-0.3, -0.25) is 4.79 Å². The van der Waals surface area contributed by atoms with E-state index in [9.17, 15) is 9.18 Å². The van der Waals surface area contributed by atoms with Gasteiger partial charge in [-0.1, -0.05) is 0 Å². The van der Waals surface area contributed by atoms with Gasteiger partial charge in [-0.25, -0.2) is 4.39 Å². The van der Waals surface area contributed by atoms with Crippen LogP contribution in [0.1, 0.15) is 11.1 Å². The molecular weight excluding hydrogens is 231 g/mol. The lowest BCUT2D eigenvalue weighted by atomic mass is 10.0. The Morgan fingerprint density at radius 1 is 1.39 bits per heavy atom. The van der Waals surface area contributed by atoms with Gasteiger partial charge in [-0.15, -0.1) is 0 Å². The molecule has 1 aromatic carbocycles. The van der Waals surface area contributed by atoms with Crippen LogP contribution >= 0.6 is 0 Å². The molecule has 0 spiro atoms. The average Bonchev–Trinajstić information content (AvgIpc) is 2.36. The number of aromatic nitrogens is 1. The highest BCUT2D eigenvalue weighted by atomic mass is 19.1. The molecule has 18 heavy (non-hydrogen) atoms. The first kappa shape index (κ1) is 12.8. The van der Waals surface area contributed by atoms with Gasteiger partial charge < -0.3 is 9.88 Å². The molecule has 2 aromatic rings. The van der Waals surface area contributed by atoms with Crippen LogP contribution in [0.2, 0.25) is 0 Å². The molecule has 1 aromatic heterocycles. The fraction of sp³-hybridized carbons (Fsp3) is 0.357. The fourth-order valence-electron chi connectivity index (χ4n) is 2.28. The highest BCUT2D eigenvalue weighted by Gasteiger charge is 2.12. The molecule has 96 valence electrons. The number of aryl methyl sites for hydroxylation is 2. The lowest BCUT2D eigenvalue weighted by Crippen LogP contribution is -2.25. The number of benzene rings is 1. The number of nitrogens with zero attached hydrogens (tertiary/aromatic N) is 1. The number of pyridine rings is 1. The van der Waals surface area contributed by atoms with Crippen LogP contribution in [0, 0.1) is 12.7 Å². The van der Waals surface area contributed by atoms with Crippen molar-refractivity contribution in [3.8, 4) is 0 Å². The Morgan fingerprint density at radius 2 is 2.11 bits per heavy atom. The normalized spacial score (nSPS) is 11.1. The first-order valence-corrected chi connectivity index (χ1v) is 5.98. The third-order valence-electron chi connectivity index (χ3n) is 3.36. The fourth-order valence-corrected chi connectivity index (χ4v) is 2.28. The molecule has 1 N–H and O–H groups in total.